The van der Waals surface area contributed by atoms with Crippen molar-refractivity contribution in [2.24, 2.45) is 5.92 Å². The Balaban J connectivity index is 1.99. The summed E-state index contributed by atoms with van der Waals surface area (Å²) >= 11 is 0. The van der Waals surface area contributed by atoms with E-state index in [0.29, 0.717) is 6.61 Å². The Morgan fingerprint density at radius 3 is 2.44 bits per heavy atom. The fraction of sp³-hybridized carbons (Fsp3) is 0.577. The van der Waals surface area contributed by atoms with Gasteiger partial charge in [-0.3, -0.25) is 4.79 Å². The van der Waals surface area contributed by atoms with Gasteiger partial charge in [-0.05, 0) is 18.9 Å². The number of piperazine rings is 1. The van der Waals surface area contributed by atoms with Crippen LogP contribution in [0.3, 0.4) is 0 Å². The summed E-state index contributed by atoms with van der Waals surface area (Å²) in [5, 5.41) is 0. The summed E-state index contributed by atoms with van der Waals surface area (Å²) in [7, 11) is 1.72. The zero-order valence-electron chi connectivity index (χ0n) is 20.5. The average Bonchev–Trinajstić information content (AvgIpc) is 2.79. The van der Waals surface area contributed by atoms with Gasteiger partial charge in [0.15, 0.2) is 0 Å². The van der Waals surface area contributed by atoms with Crippen LogP contribution in [-0.2, 0) is 22.6 Å². The lowest BCUT2D eigenvalue weighted by atomic mass is 10.0. The van der Waals surface area contributed by atoms with Crippen LogP contribution in [0.25, 0.3) is 0 Å². The van der Waals surface area contributed by atoms with Crippen LogP contribution < -0.4 is 4.90 Å². The van der Waals surface area contributed by atoms with Crippen LogP contribution in [0, 0.1) is 12.8 Å². The van der Waals surface area contributed by atoms with Crippen molar-refractivity contribution in [3.05, 3.63) is 52.5 Å². The van der Waals surface area contributed by atoms with Gasteiger partial charge in [0.25, 0.3) is 0 Å². The first-order valence-corrected chi connectivity index (χ1v) is 11.8. The predicted molar refractivity (Wildman–Crippen MR) is 129 cm³/mol. The van der Waals surface area contributed by atoms with Crippen molar-refractivity contribution < 1.29 is 9.53 Å². The molecule has 6 nitrogen and oxygen atoms in total. The molecule has 1 amide bonds. The Labute approximate surface area is 193 Å². The highest BCUT2D eigenvalue weighted by atomic mass is 16.5. The number of methoxy groups -OCH3 is 1. The maximum absolute atomic E-state index is 12.5. The molecule has 174 valence electrons. The van der Waals surface area contributed by atoms with E-state index in [1.165, 1.54) is 11.1 Å². The third-order valence-corrected chi connectivity index (χ3v) is 6.27. The SMILES string of the molecule is CCC(C)c1nc(COC)c(Cc2cccc(C)c2)c(N2CCN(C(=O)C(C)C)CC2)n1. The quantitative estimate of drug-likeness (QED) is 0.614. The molecule has 1 unspecified atom stereocenters. The number of benzene rings is 1. The number of hydrogen-bond donors (Lipinski definition) is 0. The van der Waals surface area contributed by atoms with Crippen LogP contribution in [0.1, 0.15) is 68.2 Å². The monoisotopic (exact) mass is 438 g/mol. The molecular weight excluding hydrogens is 400 g/mol. The maximum Gasteiger partial charge on any atom is 0.225 e. The molecule has 0 aliphatic carbocycles. The lowest BCUT2D eigenvalue weighted by Crippen LogP contribution is -2.50. The smallest absolute Gasteiger partial charge is 0.225 e. The summed E-state index contributed by atoms with van der Waals surface area (Å²) in [6.07, 6.45) is 1.75. The predicted octanol–water partition coefficient (Wildman–Crippen LogP) is 4.34. The second-order valence-corrected chi connectivity index (χ2v) is 9.21. The van der Waals surface area contributed by atoms with Crippen LogP contribution in [0.2, 0.25) is 0 Å². The number of amides is 1. The fourth-order valence-electron chi connectivity index (χ4n) is 4.17. The summed E-state index contributed by atoms with van der Waals surface area (Å²) in [6, 6.07) is 8.61. The summed E-state index contributed by atoms with van der Waals surface area (Å²) in [6.45, 7) is 13.9. The van der Waals surface area contributed by atoms with Crippen molar-refractivity contribution in [3.63, 3.8) is 0 Å². The molecule has 1 aliphatic heterocycles. The Morgan fingerprint density at radius 2 is 1.84 bits per heavy atom. The molecule has 1 aromatic heterocycles. The van der Waals surface area contributed by atoms with Gasteiger partial charge in [0.1, 0.15) is 11.6 Å². The van der Waals surface area contributed by atoms with Crippen molar-refractivity contribution in [1.29, 1.82) is 0 Å². The first-order chi connectivity index (χ1) is 15.3. The fourth-order valence-corrected chi connectivity index (χ4v) is 4.17. The van der Waals surface area contributed by atoms with Gasteiger partial charge >= 0.3 is 0 Å². The third-order valence-electron chi connectivity index (χ3n) is 6.27. The highest BCUT2D eigenvalue weighted by molar-refractivity contribution is 5.78. The first-order valence-electron chi connectivity index (χ1n) is 11.8. The van der Waals surface area contributed by atoms with E-state index in [9.17, 15) is 4.79 Å². The molecule has 1 atom stereocenters. The number of hydrogen-bond acceptors (Lipinski definition) is 5. The highest BCUT2D eigenvalue weighted by Crippen LogP contribution is 2.29. The molecule has 6 heteroatoms. The average molecular weight is 439 g/mol. The molecule has 1 fully saturated rings. The van der Waals surface area contributed by atoms with Gasteiger partial charge in [-0.2, -0.15) is 0 Å². The second kappa shape index (κ2) is 10.9. The number of carbonyl (C=O) groups is 1. The Hall–Kier alpha value is -2.47. The van der Waals surface area contributed by atoms with E-state index in [2.05, 4.69) is 49.9 Å². The summed E-state index contributed by atoms with van der Waals surface area (Å²) in [4.78, 5) is 26.8. The molecule has 1 aromatic carbocycles. The van der Waals surface area contributed by atoms with Gasteiger partial charge in [-0.15, -0.1) is 0 Å². The summed E-state index contributed by atoms with van der Waals surface area (Å²) in [5.41, 5.74) is 4.59. The number of nitrogens with zero attached hydrogens (tertiary/aromatic N) is 4. The Kier molecular flexibility index (Phi) is 8.24. The minimum atomic E-state index is 0.0304. The van der Waals surface area contributed by atoms with Gasteiger partial charge in [-0.1, -0.05) is 57.5 Å². The molecule has 0 radical (unpaired) electrons. The van der Waals surface area contributed by atoms with Gasteiger partial charge in [-0.25, -0.2) is 9.97 Å². The van der Waals surface area contributed by atoms with Crippen molar-refractivity contribution in [1.82, 2.24) is 14.9 Å². The molecule has 0 saturated carbocycles. The number of aryl methyl sites for hydroxylation is 1. The number of rotatable bonds is 8. The highest BCUT2D eigenvalue weighted by Gasteiger charge is 2.27. The van der Waals surface area contributed by atoms with Crippen LogP contribution in [0.4, 0.5) is 5.82 Å². The number of carbonyl (C=O) groups excluding carboxylic acids is 1. The first kappa shape index (κ1) is 24.2. The lowest BCUT2D eigenvalue weighted by molar-refractivity contribution is -0.134. The molecular formula is C26H38N4O2. The van der Waals surface area contributed by atoms with Gasteiger partial charge in [0.2, 0.25) is 5.91 Å². The normalized spacial score (nSPS) is 15.3. The molecule has 0 bridgehead atoms. The standard InChI is InChI=1S/C26H38N4O2/c1-7-20(5)24-27-23(17-32-6)22(16-21-10-8-9-19(4)15-21)25(28-24)29-11-13-30(14-12-29)26(31)18(2)3/h8-10,15,18,20H,7,11-14,16-17H2,1-6H3. The van der Waals surface area contributed by atoms with E-state index in [1.54, 1.807) is 7.11 Å². The van der Waals surface area contributed by atoms with Crippen LogP contribution in [-0.4, -0.2) is 54.1 Å². The van der Waals surface area contributed by atoms with E-state index in [1.807, 2.05) is 18.7 Å². The molecule has 1 aliphatic rings. The zero-order chi connectivity index (χ0) is 23.3. The summed E-state index contributed by atoms with van der Waals surface area (Å²) in [5.74, 6) is 2.42. The largest absolute Gasteiger partial charge is 0.378 e. The van der Waals surface area contributed by atoms with E-state index < -0.39 is 0 Å². The van der Waals surface area contributed by atoms with Crippen LogP contribution in [0.15, 0.2) is 24.3 Å². The molecule has 0 N–H and O–H groups in total. The minimum absolute atomic E-state index is 0.0304. The molecule has 0 spiro atoms. The van der Waals surface area contributed by atoms with E-state index >= 15 is 0 Å². The topological polar surface area (TPSA) is 58.6 Å². The molecule has 3 rings (SSSR count). The van der Waals surface area contributed by atoms with E-state index in [-0.39, 0.29) is 17.7 Å². The number of ether oxygens (including phenoxy) is 1. The Morgan fingerprint density at radius 1 is 1.12 bits per heavy atom. The third kappa shape index (κ3) is 5.66. The van der Waals surface area contributed by atoms with Crippen molar-refractivity contribution in [3.8, 4) is 0 Å². The number of aromatic nitrogens is 2. The van der Waals surface area contributed by atoms with Crippen molar-refractivity contribution in [2.75, 3.05) is 38.2 Å². The molecule has 32 heavy (non-hydrogen) atoms. The summed E-state index contributed by atoms with van der Waals surface area (Å²) < 4.78 is 5.55. The lowest BCUT2D eigenvalue weighted by Gasteiger charge is -2.37. The minimum Gasteiger partial charge on any atom is -0.378 e. The molecule has 2 heterocycles. The molecule has 2 aromatic rings. The number of anilines is 1. The van der Waals surface area contributed by atoms with Gasteiger partial charge < -0.3 is 14.5 Å². The van der Waals surface area contributed by atoms with Gasteiger partial charge in [0.05, 0.1) is 12.3 Å². The Bertz CT molecular complexity index is 920. The maximum atomic E-state index is 12.5. The molecule has 1 saturated heterocycles. The van der Waals surface area contributed by atoms with E-state index in [4.69, 9.17) is 14.7 Å². The van der Waals surface area contributed by atoms with Crippen LogP contribution in [0.5, 0.6) is 0 Å². The second-order valence-electron chi connectivity index (χ2n) is 9.21. The van der Waals surface area contributed by atoms with E-state index in [0.717, 1.165) is 61.9 Å². The van der Waals surface area contributed by atoms with Crippen LogP contribution >= 0.6 is 0 Å². The zero-order valence-corrected chi connectivity index (χ0v) is 20.5. The van der Waals surface area contributed by atoms with Crippen molar-refractivity contribution >= 4 is 11.7 Å². The van der Waals surface area contributed by atoms with Crippen molar-refractivity contribution in [2.45, 2.75) is 60.0 Å². The van der Waals surface area contributed by atoms with Gasteiger partial charge in [0, 0.05) is 57.1 Å².